The Kier molecular flexibility index (Phi) is 4.20. The van der Waals surface area contributed by atoms with E-state index in [0.717, 1.165) is 32.5 Å². The van der Waals surface area contributed by atoms with Crippen LogP contribution in [0.4, 0.5) is 0 Å². The molecular weight excluding hydrogens is 268 g/mol. The van der Waals surface area contributed by atoms with Gasteiger partial charge in [0.2, 0.25) is 5.91 Å². The third kappa shape index (κ3) is 2.93. The summed E-state index contributed by atoms with van der Waals surface area (Å²) in [5.74, 6) is -1.30. The number of rotatable bonds is 4. The summed E-state index contributed by atoms with van der Waals surface area (Å²) in [5, 5.41) is 9.13. The molecule has 3 rings (SSSR count). The summed E-state index contributed by atoms with van der Waals surface area (Å²) in [6.07, 6.45) is 8.81. The van der Waals surface area contributed by atoms with E-state index in [1.807, 2.05) is 4.90 Å². The van der Waals surface area contributed by atoms with Gasteiger partial charge in [-0.05, 0) is 38.8 Å². The molecular formula is C16H26N2O3. The molecule has 3 aliphatic rings. The number of amides is 1. The van der Waals surface area contributed by atoms with Crippen molar-refractivity contribution in [3.8, 4) is 0 Å². The lowest BCUT2D eigenvalue weighted by molar-refractivity contribution is -0.141. The molecule has 1 atom stereocenters. The van der Waals surface area contributed by atoms with Crippen molar-refractivity contribution < 1.29 is 14.7 Å². The SMILES string of the molecule is O=C(O)[C@H]1CC(=O)N(CC2(N3CCCCC3)CCCC2)C1. The molecule has 0 bridgehead atoms. The van der Waals surface area contributed by atoms with E-state index in [2.05, 4.69) is 4.90 Å². The highest BCUT2D eigenvalue weighted by Crippen LogP contribution is 2.38. The van der Waals surface area contributed by atoms with Gasteiger partial charge in [0.05, 0.1) is 5.92 Å². The first-order chi connectivity index (χ1) is 10.1. The molecule has 0 aromatic rings. The largest absolute Gasteiger partial charge is 0.481 e. The molecule has 0 aromatic carbocycles. The highest BCUT2D eigenvalue weighted by atomic mass is 16.4. The van der Waals surface area contributed by atoms with E-state index < -0.39 is 11.9 Å². The zero-order valence-electron chi connectivity index (χ0n) is 12.7. The Labute approximate surface area is 126 Å². The molecule has 1 amide bonds. The van der Waals surface area contributed by atoms with Gasteiger partial charge in [-0.2, -0.15) is 0 Å². The second kappa shape index (κ2) is 5.95. The fraction of sp³-hybridized carbons (Fsp3) is 0.875. The van der Waals surface area contributed by atoms with Gasteiger partial charge in [0.25, 0.3) is 0 Å². The first-order valence-electron chi connectivity index (χ1n) is 8.36. The summed E-state index contributed by atoms with van der Waals surface area (Å²) < 4.78 is 0. The lowest BCUT2D eigenvalue weighted by Gasteiger charge is -2.45. The summed E-state index contributed by atoms with van der Waals surface area (Å²) in [7, 11) is 0. The van der Waals surface area contributed by atoms with Gasteiger partial charge in [-0.1, -0.05) is 19.3 Å². The Bertz CT molecular complexity index is 412. The van der Waals surface area contributed by atoms with Crippen LogP contribution < -0.4 is 0 Å². The lowest BCUT2D eigenvalue weighted by atomic mass is 9.91. The molecule has 1 aliphatic carbocycles. The number of nitrogens with zero attached hydrogens (tertiary/aromatic N) is 2. The number of aliphatic carboxylic acids is 1. The van der Waals surface area contributed by atoms with E-state index in [1.54, 1.807) is 0 Å². The highest BCUT2D eigenvalue weighted by Gasteiger charge is 2.44. The molecule has 2 aliphatic heterocycles. The quantitative estimate of drug-likeness (QED) is 0.857. The molecule has 2 saturated heterocycles. The minimum Gasteiger partial charge on any atom is -0.481 e. The van der Waals surface area contributed by atoms with Crippen LogP contribution in [0.1, 0.15) is 51.4 Å². The number of hydrogen-bond donors (Lipinski definition) is 1. The van der Waals surface area contributed by atoms with Crippen LogP contribution in [0.15, 0.2) is 0 Å². The van der Waals surface area contributed by atoms with Crippen LogP contribution in [-0.4, -0.2) is 58.5 Å². The number of likely N-dealkylation sites (tertiary alicyclic amines) is 2. The molecule has 118 valence electrons. The van der Waals surface area contributed by atoms with Crippen LogP contribution in [0.5, 0.6) is 0 Å². The molecule has 1 saturated carbocycles. The molecule has 0 aromatic heterocycles. The van der Waals surface area contributed by atoms with Gasteiger partial charge in [-0.25, -0.2) is 0 Å². The van der Waals surface area contributed by atoms with E-state index in [9.17, 15) is 9.59 Å². The highest BCUT2D eigenvalue weighted by molar-refractivity contribution is 5.86. The van der Waals surface area contributed by atoms with Crippen LogP contribution in [0.2, 0.25) is 0 Å². The maximum atomic E-state index is 12.1. The fourth-order valence-corrected chi connectivity index (χ4v) is 4.42. The van der Waals surface area contributed by atoms with Gasteiger partial charge >= 0.3 is 5.97 Å². The maximum absolute atomic E-state index is 12.1. The minimum atomic E-state index is -0.829. The van der Waals surface area contributed by atoms with Crippen molar-refractivity contribution in [2.75, 3.05) is 26.2 Å². The van der Waals surface area contributed by atoms with Crippen molar-refractivity contribution in [2.24, 2.45) is 5.92 Å². The van der Waals surface area contributed by atoms with Gasteiger partial charge in [-0.15, -0.1) is 0 Å². The number of carbonyl (C=O) groups excluding carboxylic acids is 1. The Hall–Kier alpha value is -1.10. The van der Waals surface area contributed by atoms with Gasteiger partial charge < -0.3 is 10.0 Å². The number of hydrogen-bond acceptors (Lipinski definition) is 3. The first-order valence-corrected chi connectivity index (χ1v) is 8.36. The van der Waals surface area contributed by atoms with Crippen molar-refractivity contribution in [3.63, 3.8) is 0 Å². The van der Waals surface area contributed by atoms with E-state index in [4.69, 9.17) is 5.11 Å². The Morgan fingerprint density at radius 2 is 1.81 bits per heavy atom. The predicted octanol–water partition coefficient (Wildman–Crippen LogP) is 1.72. The standard InChI is InChI=1S/C16H26N2O3/c19-14-10-13(15(20)21)11-17(14)12-16(6-2-3-7-16)18-8-4-1-5-9-18/h13H,1-12H2,(H,20,21)/t13-/m0/s1. The maximum Gasteiger partial charge on any atom is 0.308 e. The molecule has 0 unspecified atom stereocenters. The van der Waals surface area contributed by atoms with Crippen molar-refractivity contribution >= 4 is 11.9 Å². The van der Waals surface area contributed by atoms with Crippen molar-refractivity contribution in [2.45, 2.75) is 56.9 Å². The first kappa shape index (κ1) is 14.8. The number of carboxylic acid groups (broad SMARTS) is 1. The molecule has 21 heavy (non-hydrogen) atoms. The second-order valence-electron chi connectivity index (χ2n) is 6.99. The van der Waals surface area contributed by atoms with Gasteiger partial charge in [0.1, 0.15) is 0 Å². The van der Waals surface area contributed by atoms with Crippen molar-refractivity contribution in [1.82, 2.24) is 9.80 Å². The van der Waals surface area contributed by atoms with Gasteiger partial charge in [0, 0.05) is 25.0 Å². The third-order valence-electron chi connectivity index (χ3n) is 5.61. The van der Waals surface area contributed by atoms with Crippen LogP contribution in [0, 0.1) is 5.92 Å². The molecule has 5 heteroatoms. The fourth-order valence-electron chi connectivity index (χ4n) is 4.42. The monoisotopic (exact) mass is 294 g/mol. The van der Waals surface area contributed by atoms with Gasteiger partial charge in [-0.3, -0.25) is 14.5 Å². The Morgan fingerprint density at radius 3 is 2.38 bits per heavy atom. The Morgan fingerprint density at radius 1 is 1.14 bits per heavy atom. The third-order valence-corrected chi connectivity index (χ3v) is 5.61. The second-order valence-corrected chi connectivity index (χ2v) is 6.99. The number of carbonyl (C=O) groups is 2. The van der Waals surface area contributed by atoms with Crippen LogP contribution >= 0.6 is 0 Å². The van der Waals surface area contributed by atoms with E-state index in [-0.39, 0.29) is 17.9 Å². The molecule has 0 radical (unpaired) electrons. The van der Waals surface area contributed by atoms with E-state index in [1.165, 1.54) is 32.1 Å². The van der Waals surface area contributed by atoms with E-state index >= 15 is 0 Å². The summed E-state index contributed by atoms with van der Waals surface area (Å²) in [5.41, 5.74) is 0.128. The normalized spacial score (nSPS) is 30.0. The van der Waals surface area contributed by atoms with E-state index in [0.29, 0.717) is 6.54 Å². The summed E-state index contributed by atoms with van der Waals surface area (Å²) in [4.78, 5) is 27.7. The predicted molar refractivity (Wildman–Crippen MR) is 78.9 cm³/mol. The number of piperidine rings is 1. The number of carboxylic acids is 1. The molecule has 5 nitrogen and oxygen atoms in total. The molecule has 1 N–H and O–H groups in total. The lowest BCUT2D eigenvalue weighted by Crippen LogP contribution is -2.56. The zero-order valence-corrected chi connectivity index (χ0v) is 12.7. The minimum absolute atomic E-state index is 0.0330. The average molecular weight is 294 g/mol. The molecule has 0 spiro atoms. The average Bonchev–Trinajstić information content (AvgIpc) is 3.09. The zero-order chi connectivity index (χ0) is 14.9. The van der Waals surface area contributed by atoms with Crippen molar-refractivity contribution in [3.05, 3.63) is 0 Å². The van der Waals surface area contributed by atoms with Crippen LogP contribution in [-0.2, 0) is 9.59 Å². The topological polar surface area (TPSA) is 60.9 Å². The van der Waals surface area contributed by atoms with Crippen LogP contribution in [0.3, 0.4) is 0 Å². The smallest absolute Gasteiger partial charge is 0.308 e. The molecule has 3 fully saturated rings. The Balaban J connectivity index is 1.70. The summed E-state index contributed by atoms with van der Waals surface area (Å²) >= 11 is 0. The summed E-state index contributed by atoms with van der Waals surface area (Å²) in [6, 6.07) is 0. The summed E-state index contributed by atoms with van der Waals surface area (Å²) in [6.45, 7) is 3.44. The van der Waals surface area contributed by atoms with Crippen molar-refractivity contribution in [1.29, 1.82) is 0 Å². The van der Waals surface area contributed by atoms with Crippen LogP contribution in [0.25, 0.3) is 0 Å². The molecule has 2 heterocycles. The van der Waals surface area contributed by atoms with Gasteiger partial charge in [0.15, 0.2) is 0 Å².